The molecule has 5 nitrogen and oxygen atoms in total. The highest BCUT2D eigenvalue weighted by Gasteiger charge is 2.30. The Bertz CT molecular complexity index is 569. The van der Waals surface area contributed by atoms with E-state index in [0.29, 0.717) is 23.6 Å². The maximum Gasteiger partial charge on any atom is 0.313 e. The number of benzene rings is 1. The summed E-state index contributed by atoms with van der Waals surface area (Å²) in [6, 6.07) is 5.17. The van der Waals surface area contributed by atoms with Crippen molar-refractivity contribution in [1.82, 2.24) is 5.32 Å². The summed E-state index contributed by atoms with van der Waals surface area (Å²) in [5, 5.41) is 15.7. The van der Waals surface area contributed by atoms with Gasteiger partial charge in [0.1, 0.15) is 0 Å². The number of carbonyl (C=O) groups is 2. The van der Waals surface area contributed by atoms with Gasteiger partial charge in [0.15, 0.2) is 0 Å². The minimum Gasteiger partial charge on any atom is -0.388 e. The molecule has 3 N–H and O–H groups in total. The van der Waals surface area contributed by atoms with E-state index >= 15 is 0 Å². The molecule has 0 unspecified atom stereocenters. The number of anilines is 1. The van der Waals surface area contributed by atoms with Crippen molar-refractivity contribution < 1.29 is 14.7 Å². The van der Waals surface area contributed by atoms with Crippen LogP contribution in [0.15, 0.2) is 18.2 Å². The third-order valence-electron chi connectivity index (χ3n) is 3.94. The van der Waals surface area contributed by atoms with Crippen LogP contribution < -0.4 is 10.6 Å². The number of hydrogen-bond acceptors (Lipinski definition) is 3. The Morgan fingerprint density at radius 3 is 2.59 bits per heavy atom. The molecule has 1 aromatic rings. The number of halogens is 1. The number of rotatable bonds is 3. The molecule has 0 radical (unpaired) electrons. The summed E-state index contributed by atoms with van der Waals surface area (Å²) >= 11 is 5.98. The topological polar surface area (TPSA) is 78.4 Å². The van der Waals surface area contributed by atoms with Crippen LogP contribution in [-0.2, 0) is 9.59 Å². The highest BCUT2D eigenvalue weighted by Crippen LogP contribution is 2.27. The van der Waals surface area contributed by atoms with Crippen LogP contribution in [0.5, 0.6) is 0 Å². The Hall–Kier alpha value is -1.59. The molecule has 1 aliphatic rings. The lowest BCUT2D eigenvalue weighted by Gasteiger charge is -2.31. The van der Waals surface area contributed by atoms with Gasteiger partial charge in [0.25, 0.3) is 0 Å². The van der Waals surface area contributed by atoms with Crippen molar-refractivity contribution in [2.24, 2.45) is 0 Å². The summed E-state index contributed by atoms with van der Waals surface area (Å²) in [7, 11) is 0. The smallest absolute Gasteiger partial charge is 0.313 e. The fraction of sp³-hybridized carbons (Fsp3) is 0.500. The summed E-state index contributed by atoms with van der Waals surface area (Å²) < 4.78 is 0. The van der Waals surface area contributed by atoms with Crippen molar-refractivity contribution in [1.29, 1.82) is 0 Å². The lowest BCUT2D eigenvalue weighted by Crippen LogP contribution is -2.47. The zero-order valence-corrected chi connectivity index (χ0v) is 13.4. The standard InChI is InChI=1S/C16H21ClN2O3/c1-11-5-6-12(17)13(9-11)19-15(21)14(20)18-10-16(22)7-3-2-4-8-16/h5-6,9,22H,2-4,7-8,10H2,1H3,(H,18,20)(H,19,21). The molecule has 120 valence electrons. The zero-order valence-electron chi connectivity index (χ0n) is 12.6. The summed E-state index contributed by atoms with van der Waals surface area (Å²) in [6.07, 6.45) is 4.29. The molecule has 1 aliphatic carbocycles. The molecule has 2 amide bonds. The van der Waals surface area contributed by atoms with Crippen molar-refractivity contribution in [3.63, 3.8) is 0 Å². The van der Waals surface area contributed by atoms with Crippen LogP contribution in [0.4, 0.5) is 5.69 Å². The second kappa shape index (κ2) is 7.11. The van der Waals surface area contributed by atoms with Crippen LogP contribution in [0.25, 0.3) is 0 Å². The third-order valence-corrected chi connectivity index (χ3v) is 4.27. The van der Waals surface area contributed by atoms with Crippen molar-refractivity contribution >= 4 is 29.1 Å². The predicted octanol–water partition coefficient (Wildman–Crippen LogP) is 2.40. The summed E-state index contributed by atoms with van der Waals surface area (Å²) in [6.45, 7) is 1.96. The molecular formula is C16H21ClN2O3. The van der Waals surface area contributed by atoms with Crippen LogP contribution in [0.2, 0.25) is 5.02 Å². The number of aliphatic hydroxyl groups is 1. The number of hydrogen-bond donors (Lipinski definition) is 3. The van der Waals surface area contributed by atoms with E-state index in [1.165, 1.54) is 0 Å². The van der Waals surface area contributed by atoms with E-state index in [2.05, 4.69) is 10.6 Å². The second-order valence-corrected chi connectivity index (χ2v) is 6.31. The lowest BCUT2D eigenvalue weighted by molar-refractivity contribution is -0.137. The average Bonchev–Trinajstić information content (AvgIpc) is 2.49. The van der Waals surface area contributed by atoms with Crippen molar-refractivity contribution in [2.75, 3.05) is 11.9 Å². The largest absolute Gasteiger partial charge is 0.388 e. The quantitative estimate of drug-likeness (QED) is 0.747. The Labute approximate surface area is 135 Å². The predicted molar refractivity (Wildman–Crippen MR) is 85.9 cm³/mol. The van der Waals surface area contributed by atoms with Gasteiger partial charge in [-0.15, -0.1) is 0 Å². The zero-order chi connectivity index (χ0) is 16.2. The maximum absolute atomic E-state index is 11.9. The first-order valence-corrected chi connectivity index (χ1v) is 7.85. The molecule has 0 aliphatic heterocycles. The van der Waals surface area contributed by atoms with Gasteiger partial charge in [-0.1, -0.05) is 36.9 Å². The first kappa shape index (κ1) is 16.8. The molecule has 1 fully saturated rings. The molecule has 0 atom stereocenters. The second-order valence-electron chi connectivity index (χ2n) is 5.91. The van der Waals surface area contributed by atoms with Gasteiger partial charge in [-0.25, -0.2) is 0 Å². The molecule has 0 saturated heterocycles. The first-order valence-electron chi connectivity index (χ1n) is 7.47. The van der Waals surface area contributed by atoms with Crippen LogP contribution in [0.3, 0.4) is 0 Å². The summed E-state index contributed by atoms with van der Waals surface area (Å²) in [5.74, 6) is -1.55. The lowest BCUT2D eigenvalue weighted by atomic mass is 9.85. The van der Waals surface area contributed by atoms with E-state index in [9.17, 15) is 14.7 Å². The van der Waals surface area contributed by atoms with Gasteiger partial charge >= 0.3 is 11.8 Å². The van der Waals surface area contributed by atoms with E-state index in [1.54, 1.807) is 12.1 Å². The van der Waals surface area contributed by atoms with E-state index < -0.39 is 17.4 Å². The van der Waals surface area contributed by atoms with Crippen LogP contribution in [-0.4, -0.2) is 29.1 Å². The molecule has 0 spiro atoms. The van der Waals surface area contributed by atoms with Crippen molar-refractivity contribution in [3.8, 4) is 0 Å². The van der Waals surface area contributed by atoms with Crippen LogP contribution in [0.1, 0.15) is 37.7 Å². The summed E-state index contributed by atoms with van der Waals surface area (Å²) in [5.41, 5.74) is 0.435. The Morgan fingerprint density at radius 2 is 1.91 bits per heavy atom. The minimum absolute atomic E-state index is 0.0980. The summed E-state index contributed by atoms with van der Waals surface area (Å²) in [4.78, 5) is 23.7. The van der Waals surface area contributed by atoms with Crippen molar-refractivity contribution in [3.05, 3.63) is 28.8 Å². The monoisotopic (exact) mass is 324 g/mol. The van der Waals surface area contributed by atoms with Gasteiger partial charge in [0.05, 0.1) is 16.3 Å². The highest BCUT2D eigenvalue weighted by molar-refractivity contribution is 6.41. The van der Waals surface area contributed by atoms with Gasteiger partial charge in [0, 0.05) is 6.54 Å². The van der Waals surface area contributed by atoms with E-state index in [-0.39, 0.29) is 6.54 Å². The molecular weight excluding hydrogens is 304 g/mol. The molecule has 2 rings (SSSR count). The number of amides is 2. The average molecular weight is 325 g/mol. The molecule has 22 heavy (non-hydrogen) atoms. The molecule has 0 aromatic heterocycles. The van der Waals surface area contributed by atoms with Gasteiger partial charge in [-0.2, -0.15) is 0 Å². The highest BCUT2D eigenvalue weighted by atomic mass is 35.5. The molecule has 0 heterocycles. The minimum atomic E-state index is -0.894. The molecule has 1 aromatic carbocycles. The first-order chi connectivity index (χ1) is 10.4. The van der Waals surface area contributed by atoms with Gasteiger partial charge < -0.3 is 15.7 Å². The Kier molecular flexibility index (Phi) is 5.42. The van der Waals surface area contributed by atoms with Crippen LogP contribution in [0, 0.1) is 6.92 Å². The van der Waals surface area contributed by atoms with Crippen LogP contribution >= 0.6 is 11.6 Å². The van der Waals surface area contributed by atoms with Crippen molar-refractivity contribution in [2.45, 2.75) is 44.6 Å². The van der Waals surface area contributed by atoms with Gasteiger partial charge in [-0.05, 0) is 37.5 Å². The van der Waals surface area contributed by atoms with E-state index in [0.717, 1.165) is 24.8 Å². The number of carbonyl (C=O) groups excluding carboxylic acids is 2. The molecule has 1 saturated carbocycles. The van der Waals surface area contributed by atoms with E-state index in [1.807, 2.05) is 13.0 Å². The normalized spacial score (nSPS) is 16.9. The number of aryl methyl sites for hydroxylation is 1. The van der Waals surface area contributed by atoms with E-state index in [4.69, 9.17) is 11.6 Å². The molecule has 0 bridgehead atoms. The Morgan fingerprint density at radius 1 is 1.23 bits per heavy atom. The molecule has 6 heteroatoms. The third kappa shape index (κ3) is 4.45. The Balaban J connectivity index is 1.89. The fourth-order valence-electron chi connectivity index (χ4n) is 2.63. The fourth-order valence-corrected chi connectivity index (χ4v) is 2.79. The number of nitrogens with one attached hydrogen (secondary N) is 2. The van der Waals surface area contributed by atoms with Gasteiger partial charge in [0.2, 0.25) is 0 Å². The van der Waals surface area contributed by atoms with Gasteiger partial charge in [-0.3, -0.25) is 9.59 Å². The maximum atomic E-state index is 11.9. The SMILES string of the molecule is Cc1ccc(Cl)c(NC(=O)C(=O)NCC2(O)CCCCC2)c1.